The zero-order valence-electron chi connectivity index (χ0n) is 14.9. The summed E-state index contributed by atoms with van der Waals surface area (Å²) in [7, 11) is 1.65. The van der Waals surface area contributed by atoms with E-state index in [1.54, 1.807) is 7.11 Å². The minimum absolute atomic E-state index is 0.0173. The summed E-state index contributed by atoms with van der Waals surface area (Å²) in [5.41, 5.74) is 1.11. The first-order valence-electron chi connectivity index (χ1n) is 9.17. The molecule has 2 aliphatic carbocycles. The Kier molecular flexibility index (Phi) is 4.34. The van der Waals surface area contributed by atoms with Gasteiger partial charge in [-0.1, -0.05) is 12.2 Å². The summed E-state index contributed by atoms with van der Waals surface area (Å²) in [5.74, 6) is -0.834. The van der Waals surface area contributed by atoms with E-state index < -0.39 is 17.8 Å². The molecule has 0 radical (unpaired) electrons. The van der Waals surface area contributed by atoms with E-state index in [-0.39, 0.29) is 17.7 Å². The van der Waals surface area contributed by atoms with Gasteiger partial charge in [0.25, 0.3) is 0 Å². The van der Waals surface area contributed by atoms with Gasteiger partial charge in [-0.2, -0.15) is 0 Å². The predicted molar refractivity (Wildman–Crippen MR) is 97.1 cm³/mol. The largest absolute Gasteiger partial charge is 0.497 e. The normalized spacial score (nSPS) is 29.9. The lowest BCUT2D eigenvalue weighted by molar-refractivity contribution is -0.151. The summed E-state index contributed by atoms with van der Waals surface area (Å²) in [6.07, 6.45) is 4.83. The van der Waals surface area contributed by atoms with Crippen LogP contribution in [-0.4, -0.2) is 55.2 Å². The highest BCUT2D eigenvalue weighted by atomic mass is 16.5. The summed E-state index contributed by atoms with van der Waals surface area (Å²) in [5, 5.41) is 9.56. The molecule has 1 saturated heterocycles. The van der Waals surface area contributed by atoms with Crippen LogP contribution in [0.25, 0.3) is 0 Å². The number of anilines is 1. The van der Waals surface area contributed by atoms with Crippen LogP contribution in [-0.2, 0) is 9.59 Å². The lowest BCUT2D eigenvalue weighted by atomic mass is 9.82. The lowest BCUT2D eigenvalue weighted by Crippen LogP contribution is -2.52. The minimum atomic E-state index is -0.836. The molecule has 6 heteroatoms. The number of piperazine rings is 1. The van der Waals surface area contributed by atoms with Gasteiger partial charge in [0.15, 0.2) is 0 Å². The number of carbonyl (C=O) groups excluding carboxylic acids is 1. The van der Waals surface area contributed by atoms with Gasteiger partial charge in [0.1, 0.15) is 5.75 Å². The van der Waals surface area contributed by atoms with Crippen molar-refractivity contribution in [3.63, 3.8) is 0 Å². The molecule has 4 atom stereocenters. The fourth-order valence-corrected chi connectivity index (χ4v) is 4.68. The number of amides is 1. The van der Waals surface area contributed by atoms with Crippen molar-refractivity contribution in [2.24, 2.45) is 23.7 Å². The molecule has 6 nitrogen and oxygen atoms in total. The van der Waals surface area contributed by atoms with Crippen LogP contribution in [0.15, 0.2) is 36.4 Å². The molecular formula is C20H24N2O4. The molecule has 1 saturated carbocycles. The minimum Gasteiger partial charge on any atom is -0.497 e. The van der Waals surface area contributed by atoms with Gasteiger partial charge in [-0.15, -0.1) is 0 Å². The van der Waals surface area contributed by atoms with E-state index in [0.717, 1.165) is 30.9 Å². The Morgan fingerprint density at radius 2 is 1.62 bits per heavy atom. The number of nitrogens with zero attached hydrogens (tertiary/aromatic N) is 2. The zero-order valence-corrected chi connectivity index (χ0v) is 14.9. The molecule has 1 aromatic rings. The standard InChI is InChI=1S/C20H24N2O4/c1-26-16-6-4-15(5-7-16)21-8-10-22(11-9-21)19(23)17-13-2-3-14(12-13)18(17)20(24)25/h2-7,13-14,17-18H,8-12H2,1H3,(H,24,25)/t13-,14-,17+,18+/m0/s1. The van der Waals surface area contributed by atoms with Crippen molar-refractivity contribution in [3.8, 4) is 5.75 Å². The zero-order chi connectivity index (χ0) is 18.3. The highest BCUT2D eigenvalue weighted by Gasteiger charge is 2.52. The molecule has 1 N–H and O–H groups in total. The number of rotatable bonds is 4. The van der Waals surface area contributed by atoms with Crippen LogP contribution in [0.1, 0.15) is 6.42 Å². The average molecular weight is 356 g/mol. The van der Waals surface area contributed by atoms with Crippen LogP contribution in [0.4, 0.5) is 5.69 Å². The predicted octanol–water partition coefficient (Wildman–Crippen LogP) is 1.87. The second-order valence-corrected chi connectivity index (χ2v) is 7.35. The summed E-state index contributed by atoms with van der Waals surface area (Å²) >= 11 is 0. The Morgan fingerprint density at radius 3 is 2.19 bits per heavy atom. The van der Waals surface area contributed by atoms with Crippen LogP contribution in [0, 0.1) is 23.7 Å². The molecule has 1 heterocycles. The molecule has 0 spiro atoms. The second-order valence-electron chi connectivity index (χ2n) is 7.35. The summed E-state index contributed by atoms with van der Waals surface area (Å²) < 4.78 is 5.19. The van der Waals surface area contributed by atoms with Crippen molar-refractivity contribution in [2.75, 3.05) is 38.2 Å². The molecule has 3 aliphatic rings. The average Bonchev–Trinajstić information content (AvgIpc) is 3.29. The van der Waals surface area contributed by atoms with E-state index in [2.05, 4.69) is 4.90 Å². The number of ether oxygens (including phenoxy) is 1. The molecule has 2 fully saturated rings. The molecule has 26 heavy (non-hydrogen) atoms. The maximum absolute atomic E-state index is 13.0. The third kappa shape index (κ3) is 2.83. The SMILES string of the molecule is COc1ccc(N2CCN(C(=O)[C@H]3[C@H](C(=O)O)[C@H]4C=C[C@H]3C4)CC2)cc1. The maximum Gasteiger partial charge on any atom is 0.307 e. The highest BCUT2D eigenvalue weighted by Crippen LogP contribution is 2.48. The maximum atomic E-state index is 13.0. The molecular weight excluding hydrogens is 332 g/mol. The van der Waals surface area contributed by atoms with Gasteiger partial charge in [-0.05, 0) is 42.5 Å². The van der Waals surface area contributed by atoms with Crippen molar-refractivity contribution >= 4 is 17.6 Å². The van der Waals surface area contributed by atoms with E-state index in [1.807, 2.05) is 41.3 Å². The van der Waals surface area contributed by atoms with Gasteiger partial charge in [0.05, 0.1) is 18.9 Å². The van der Waals surface area contributed by atoms with Crippen molar-refractivity contribution in [1.82, 2.24) is 4.90 Å². The number of carboxylic acid groups (broad SMARTS) is 1. The summed E-state index contributed by atoms with van der Waals surface area (Å²) in [6, 6.07) is 7.92. The molecule has 1 amide bonds. The molecule has 0 aromatic heterocycles. The topological polar surface area (TPSA) is 70.1 Å². The van der Waals surface area contributed by atoms with Crippen LogP contribution < -0.4 is 9.64 Å². The molecule has 1 aromatic carbocycles. The number of carbonyl (C=O) groups is 2. The van der Waals surface area contributed by atoms with Crippen LogP contribution in [0.3, 0.4) is 0 Å². The van der Waals surface area contributed by atoms with E-state index >= 15 is 0 Å². The fraction of sp³-hybridized carbons (Fsp3) is 0.500. The Bertz CT molecular complexity index is 722. The molecule has 138 valence electrons. The van der Waals surface area contributed by atoms with E-state index in [0.29, 0.717) is 13.1 Å². The number of fused-ring (bicyclic) bond motifs is 2. The lowest BCUT2D eigenvalue weighted by Gasteiger charge is -2.38. The Balaban J connectivity index is 1.40. The van der Waals surface area contributed by atoms with Crippen molar-refractivity contribution < 1.29 is 19.4 Å². The number of benzene rings is 1. The number of carboxylic acids is 1. The van der Waals surface area contributed by atoms with Gasteiger partial charge in [0, 0.05) is 31.9 Å². The third-order valence-electron chi connectivity index (χ3n) is 6.06. The second kappa shape index (κ2) is 6.67. The first-order chi connectivity index (χ1) is 12.6. The van der Waals surface area contributed by atoms with E-state index in [1.165, 1.54) is 0 Å². The number of allylic oxidation sites excluding steroid dienone is 2. The first kappa shape index (κ1) is 16.9. The van der Waals surface area contributed by atoms with Gasteiger partial charge in [-0.3, -0.25) is 9.59 Å². The summed E-state index contributed by atoms with van der Waals surface area (Å²) in [4.78, 5) is 28.8. The third-order valence-corrected chi connectivity index (χ3v) is 6.06. The van der Waals surface area contributed by atoms with Crippen molar-refractivity contribution in [2.45, 2.75) is 6.42 Å². The molecule has 1 aliphatic heterocycles. The number of hydrogen-bond donors (Lipinski definition) is 1. The summed E-state index contributed by atoms with van der Waals surface area (Å²) in [6.45, 7) is 2.78. The highest BCUT2D eigenvalue weighted by molar-refractivity contribution is 5.87. The van der Waals surface area contributed by atoms with Crippen molar-refractivity contribution in [1.29, 1.82) is 0 Å². The fourth-order valence-electron chi connectivity index (χ4n) is 4.68. The van der Waals surface area contributed by atoms with Crippen LogP contribution in [0.5, 0.6) is 5.75 Å². The molecule has 4 rings (SSSR count). The smallest absolute Gasteiger partial charge is 0.307 e. The number of methoxy groups -OCH3 is 1. The Morgan fingerprint density at radius 1 is 1.00 bits per heavy atom. The van der Waals surface area contributed by atoms with E-state index in [9.17, 15) is 14.7 Å². The Labute approximate surface area is 153 Å². The quantitative estimate of drug-likeness (QED) is 0.834. The van der Waals surface area contributed by atoms with Crippen LogP contribution in [0.2, 0.25) is 0 Å². The number of hydrogen-bond acceptors (Lipinski definition) is 4. The molecule has 0 unspecified atom stereocenters. The van der Waals surface area contributed by atoms with Gasteiger partial charge < -0.3 is 19.6 Å². The monoisotopic (exact) mass is 356 g/mol. The first-order valence-corrected chi connectivity index (χ1v) is 9.17. The van der Waals surface area contributed by atoms with Crippen molar-refractivity contribution in [3.05, 3.63) is 36.4 Å². The van der Waals surface area contributed by atoms with Gasteiger partial charge >= 0.3 is 5.97 Å². The molecule has 2 bridgehead atoms. The van der Waals surface area contributed by atoms with E-state index in [4.69, 9.17) is 4.74 Å². The Hall–Kier alpha value is -2.50. The number of aliphatic carboxylic acids is 1. The van der Waals surface area contributed by atoms with Gasteiger partial charge in [-0.25, -0.2) is 0 Å². The van der Waals surface area contributed by atoms with Crippen LogP contribution >= 0.6 is 0 Å². The van der Waals surface area contributed by atoms with Gasteiger partial charge in [0.2, 0.25) is 5.91 Å².